The number of aromatic nitrogens is 2. The number of hydrogen-bond acceptors (Lipinski definition) is 5. The van der Waals surface area contributed by atoms with Crippen molar-refractivity contribution in [1.82, 2.24) is 14.7 Å². The van der Waals surface area contributed by atoms with Crippen LogP contribution in [0.5, 0.6) is 0 Å². The lowest BCUT2D eigenvalue weighted by Gasteiger charge is -2.32. The predicted octanol–water partition coefficient (Wildman–Crippen LogP) is 2.11. The van der Waals surface area contributed by atoms with E-state index < -0.39 is 10.9 Å². The van der Waals surface area contributed by atoms with Crippen LogP contribution in [0, 0.1) is 21.4 Å². The number of non-ortho nitro benzene ring substituents is 1. The third-order valence-electron chi connectivity index (χ3n) is 5.65. The number of nitrogens with zero attached hydrogens (tertiary/aromatic N) is 4. The second-order valence-corrected chi connectivity index (χ2v) is 7.17. The lowest BCUT2D eigenvalue weighted by molar-refractivity contribution is -0.384. The van der Waals surface area contributed by atoms with Crippen molar-refractivity contribution in [3.8, 4) is 5.69 Å². The molecule has 2 fully saturated rings. The van der Waals surface area contributed by atoms with Crippen molar-refractivity contribution in [2.24, 2.45) is 11.3 Å². The third kappa shape index (κ3) is 3.05. The zero-order valence-electron chi connectivity index (χ0n) is 14.4. The summed E-state index contributed by atoms with van der Waals surface area (Å²) in [5.74, 6) is -1.23. The normalized spacial score (nSPS) is 20.4. The van der Waals surface area contributed by atoms with E-state index >= 15 is 0 Å². The molecule has 9 heteroatoms. The van der Waals surface area contributed by atoms with Gasteiger partial charge in [-0.3, -0.25) is 19.7 Å². The third-order valence-corrected chi connectivity index (χ3v) is 5.65. The number of carboxylic acids is 1. The Balaban J connectivity index is 1.45. The van der Waals surface area contributed by atoms with Gasteiger partial charge in [-0.2, -0.15) is 5.10 Å². The average molecular weight is 370 g/mol. The van der Waals surface area contributed by atoms with E-state index in [-0.39, 0.29) is 28.6 Å². The molecule has 4 rings (SSSR count). The van der Waals surface area contributed by atoms with E-state index in [0.717, 1.165) is 0 Å². The lowest BCUT2D eigenvalue weighted by atomic mass is 9.90. The molecule has 1 spiro atoms. The molecule has 1 atom stereocenters. The van der Waals surface area contributed by atoms with Crippen LogP contribution >= 0.6 is 0 Å². The van der Waals surface area contributed by atoms with Gasteiger partial charge in [0.05, 0.1) is 16.5 Å². The summed E-state index contributed by atoms with van der Waals surface area (Å²) in [6.45, 7) is 1.04. The molecule has 0 radical (unpaired) electrons. The van der Waals surface area contributed by atoms with Crippen molar-refractivity contribution in [2.75, 3.05) is 13.1 Å². The fourth-order valence-electron chi connectivity index (χ4n) is 3.90. The molecule has 140 valence electrons. The molecule has 1 N–H and O–H groups in total. The van der Waals surface area contributed by atoms with Gasteiger partial charge in [0.1, 0.15) is 0 Å². The summed E-state index contributed by atoms with van der Waals surface area (Å²) in [5, 5.41) is 24.3. The molecule has 27 heavy (non-hydrogen) atoms. The second-order valence-electron chi connectivity index (χ2n) is 7.17. The summed E-state index contributed by atoms with van der Waals surface area (Å²) in [4.78, 5) is 36.0. The van der Waals surface area contributed by atoms with Crippen LogP contribution < -0.4 is 0 Å². The summed E-state index contributed by atoms with van der Waals surface area (Å²) in [6, 6.07) is 7.62. The molecule has 1 aliphatic carbocycles. The number of rotatable bonds is 4. The number of nitro groups is 1. The summed E-state index contributed by atoms with van der Waals surface area (Å²) in [7, 11) is 0. The van der Waals surface area contributed by atoms with E-state index in [1.807, 2.05) is 0 Å². The maximum atomic E-state index is 12.7. The molecule has 0 bridgehead atoms. The van der Waals surface area contributed by atoms with Gasteiger partial charge in [0, 0.05) is 31.4 Å². The Kier molecular flexibility index (Phi) is 3.94. The molecule has 1 amide bonds. The number of carbonyl (C=O) groups excluding carboxylic acids is 1. The molecular formula is C18H18N4O5. The number of likely N-dealkylation sites (tertiary alicyclic amines) is 1. The van der Waals surface area contributed by atoms with Gasteiger partial charge in [-0.05, 0) is 36.8 Å². The van der Waals surface area contributed by atoms with Crippen LogP contribution in [0.3, 0.4) is 0 Å². The Morgan fingerprint density at radius 2 is 2.00 bits per heavy atom. The van der Waals surface area contributed by atoms with E-state index in [1.54, 1.807) is 29.3 Å². The van der Waals surface area contributed by atoms with Gasteiger partial charge in [0.25, 0.3) is 11.6 Å². The first-order valence-corrected chi connectivity index (χ1v) is 8.72. The number of carbonyl (C=O) groups is 2. The Bertz CT molecular complexity index is 929. The summed E-state index contributed by atoms with van der Waals surface area (Å²) >= 11 is 0. The maximum absolute atomic E-state index is 12.7. The molecule has 2 aliphatic rings. The number of amides is 1. The van der Waals surface area contributed by atoms with Crippen molar-refractivity contribution >= 4 is 17.6 Å². The molecule has 1 saturated heterocycles. The number of hydrogen-bond donors (Lipinski definition) is 1. The SMILES string of the molecule is O=C(O)C1CC12CCN(C(=O)c1ccn(-c3cccc([N+](=O)[O-])c3)n1)CC2. The molecule has 2 aromatic rings. The number of benzene rings is 1. The first-order valence-electron chi connectivity index (χ1n) is 8.72. The Labute approximate surface area is 154 Å². The monoisotopic (exact) mass is 370 g/mol. The quantitative estimate of drug-likeness (QED) is 0.650. The van der Waals surface area contributed by atoms with Gasteiger partial charge in [0.15, 0.2) is 5.69 Å². The van der Waals surface area contributed by atoms with Gasteiger partial charge in [-0.15, -0.1) is 0 Å². The van der Waals surface area contributed by atoms with Crippen LogP contribution in [0.2, 0.25) is 0 Å². The van der Waals surface area contributed by atoms with Crippen molar-refractivity contribution in [2.45, 2.75) is 19.3 Å². The van der Waals surface area contributed by atoms with Gasteiger partial charge in [-0.1, -0.05) is 6.07 Å². The highest BCUT2D eigenvalue weighted by molar-refractivity contribution is 5.92. The van der Waals surface area contributed by atoms with E-state index in [2.05, 4.69) is 5.10 Å². The van der Waals surface area contributed by atoms with E-state index in [4.69, 9.17) is 5.11 Å². The predicted molar refractivity (Wildman–Crippen MR) is 93.5 cm³/mol. The van der Waals surface area contributed by atoms with Gasteiger partial charge >= 0.3 is 5.97 Å². The topological polar surface area (TPSA) is 119 Å². The van der Waals surface area contributed by atoms with Crippen molar-refractivity contribution in [3.63, 3.8) is 0 Å². The van der Waals surface area contributed by atoms with Crippen LogP contribution in [0.15, 0.2) is 36.5 Å². The fraction of sp³-hybridized carbons (Fsp3) is 0.389. The molecular weight excluding hydrogens is 352 g/mol. The van der Waals surface area contributed by atoms with E-state index in [0.29, 0.717) is 38.0 Å². The summed E-state index contributed by atoms with van der Waals surface area (Å²) in [6.07, 6.45) is 3.69. The number of nitro benzene ring substituents is 1. The van der Waals surface area contributed by atoms with E-state index in [9.17, 15) is 19.7 Å². The number of piperidine rings is 1. The van der Waals surface area contributed by atoms with Crippen molar-refractivity contribution in [1.29, 1.82) is 0 Å². The van der Waals surface area contributed by atoms with Gasteiger partial charge in [-0.25, -0.2) is 4.68 Å². The zero-order chi connectivity index (χ0) is 19.2. The molecule has 1 aliphatic heterocycles. The zero-order valence-corrected chi connectivity index (χ0v) is 14.4. The van der Waals surface area contributed by atoms with Crippen LogP contribution in [0.25, 0.3) is 5.69 Å². The fourth-order valence-corrected chi connectivity index (χ4v) is 3.90. The first-order chi connectivity index (χ1) is 12.9. The highest BCUT2D eigenvalue weighted by atomic mass is 16.6. The Morgan fingerprint density at radius 3 is 2.63 bits per heavy atom. The molecule has 1 saturated carbocycles. The lowest BCUT2D eigenvalue weighted by Crippen LogP contribution is -2.40. The van der Waals surface area contributed by atoms with E-state index in [1.165, 1.54) is 16.8 Å². The molecule has 2 heterocycles. The minimum atomic E-state index is -0.745. The Hall–Kier alpha value is -3.23. The largest absolute Gasteiger partial charge is 0.481 e. The molecule has 1 unspecified atom stereocenters. The molecule has 1 aromatic carbocycles. The maximum Gasteiger partial charge on any atom is 0.307 e. The average Bonchev–Trinajstić information content (AvgIpc) is 3.14. The van der Waals surface area contributed by atoms with Crippen molar-refractivity contribution < 1.29 is 19.6 Å². The summed E-state index contributed by atoms with van der Waals surface area (Å²) in [5.41, 5.74) is 0.589. The number of aliphatic carboxylic acids is 1. The van der Waals surface area contributed by atoms with Crippen molar-refractivity contribution in [3.05, 3.63) is 52.3 Å². The molecule has 1 aromatic heterocycles. The minimum Gasteiger partial charge on any atom is -0.481 e. The number of carboxylic acid groups (broad SMARTS) is 1. The van der Waals surface area contributed by atoms with Crippen LogP contribution in [0.1, 0.15) is 29.8 Å². The standard InChI is InChI=1S/C18H18N4O5/c23-16(20-8-5-18(6-9-20)11-14(18)17(24)25)15-4-7-21(19-15)12-2-1-3-13(10-12)22(26)27/h1-4,7,10,14H,5-6,8-9,11H2,(H,24,25). The van der Waals surface area contributed by atoms with Crippen LogP contribution in [-0.2, 0) is 4.79 Å². The first kappa shape index (κ1) is 17.2. The molecule has 9 nitrogen and oxygen atoms in total. The smallest absolute Gasteiger partial charge is 0.307 e. The van der Waals surface area contributed by atoms with Crippen LogP contribution in [-0.4, -0.2) is 49.7 Å². The van der Waals surface area contributed by atoms with Gasteiger partial charge < -0.3 is 10.0 Å². The van der Waals surface area contributed by atoms with Gasteiger partial charge in [0.2, 0.25) is 0 Å². The second kappa shape index (κ2) is 6.19. The minimum absolute atomic E-state index is 0.0466. The van der Waals surface area contributed by atoms with Crippen LogP contribution in [0.4, 0.5) is 5.69 Å². The Morgan fingerprint density at radius 1 is 1.26 bits per heavy atom. The summed E-state index contributed by atoms with van der Waals surface area (Å²) < 4.78 is 1.44. The highest BCUT2D eigenvalue weighted by Gasteiger charge is 2.59. The highest BCUT2D eigenvalue weighted by Crippen LogP contribution is 2.59.